The maximum atomic E-state index is 12.0. The van der Waals surface area contributed by atoms with Gasteiger partial charge in [-0.15, -0.1) is 0 Å². The molecule has 0 saturated heterocycles. The molecule has 1 amide bonds. The largest absolute Gasteiger partial charge is 0.343 e. The minimum absolute atomic E-state index is 0.0127. The van der Waals surface area contributed by atoms with Crippen LogP contribution in [0.25, 0.3) is 17.0 Å². The van der Waals surface area contributed by atoms with Gasteiger partial charge in [0.15, 0.2) is 0 Å². The van der Waals surface area contributed by atoms with E-state index in [-0.39, 0.29) is 5.91 Å². The molecule has 0 aliphatic heterocycles. The third-order valence-corrected chi connectivity index (χ3v) is 2.93. The standard InChI is InChI=1S/C14H16N2O/c1-5-10-7-6-8-11-9-12(14(17)15(2)3)16(4)13(10)11/h5-9H,1H2,2-4H3. The van der Waals surface area contributed by atoms with Crippen molar-refractivity contribution < 1.29 is 4.79 Å². The number of aryl methyl sites for hydroxylation is 1. The Balaban J connectivity index is 2.73. The van der Waals surface area contributed by atoms with Crippen molar-refractivity contribution in [2.75, 3.05) is 14.1 Å². The van der Waals surface area contributed by atoms with E-state index in [0.29, 0.717) is 5.69 Å². The maximum Gasteiger partial charge on any atom is 0.269 e. The van der Waals surface area contributed by atoms with Crippen LogP contribution in [0.15, 0.2) is 30.8 Å². The van der Waals surface area contributed by atoms with Crippen LogP contribution in [0.5, 0.6) is 0 Å². The predicted octanol–water partition coefficient (Wildman–Crippen LogP) is 2.52. The van der Waals surface area contributed by atoms with Gasteiger partial charge in [-0.25, -0.2) is 0 Å². The Hall–Kier alpha value is -2.03. The number of amides is 1. The molecule has 0 fully saturated rings. The summed E-state index contributed by atoms with van der Waals surface area (Å²) < 4.78 is 1.93. The quantitative estimate of drug-likeness (QED) is 0.775. The fourth-order valence-corrected chi connectivity index (χ4v) is 2.05. The van der Waals surface area contributed by atoms with Crippen LogP contribution in [0, 0.1) is 0 Å². The van der Waals surface area contributed by atoms with Gasteiger partial charge in [0.1, 0.15) is 5.69 Å². The van der Waals surface area contributed by atoms with Crippen molar-refractivity contribution in [2.24, 2.45) is 7.05 Å². The van der Waals surface area contributed by atoms with Gasteiger partial charge in [0.05, 0.1) is 5.52 Å². The first-order valence-corrected chi connectivity index (χ1v) is 5.48. The van der Waals surface area contributed by atoms with Crippen molar-refractivity contribution in [2.45, 2.75) is 0 Å². The normalized spacial score (nSPS) is 10.5. The Morgan fingerprint density at radius 1 is 1.41 bits per heavy atom. The van der Waals surface area contributed by atoms with Crippen LogP contribution in [-0.4, -0.2) is 29.5 Å². The lowest BCUT2D eigenvalue weighted by Crippen LogP contribution is -2.23. The lowest BCUT2D eigenvalue weighted by Gasteiger charge is -2.11. The highest BCUT2D eigenvalue weighted by Gasteiger charge is 2.15. The highest BCUT2D eigenvalue weighted by molar-refractivity contribution is 6.00. The average molecular weight is 228 g/mol. The monoisotopic (exact) mass is 228 g/mol. The molecule has 0 aliphatic rings. The number of hydrogen-bond acceptors (Lipinski definition) is 1. The van der Waals surface area contributed by atoms with Gasteiger partial charge < -0.3 is 9.47 Å². The van der Waals surface area contributed by atoms with E-state index in [1.54, 1.807) is 19.0 Å². The van der Waals surface area contributed by atoms with Gasteiger partial charge in [0.25, 0.3) is 5.91 Å². The molecule has 0 radical (unpaired) electrons. The molecule has 0 aliphatic carbocycles. The second kappa shape index (κ2) is 4.09. The molecule has 0 spiro atoms. The molecule has 2 rings (SSSR count). The summed E-state index contributed by atoms with van der Waals surface area (Å²) in [5, 5.41) is 1.06. The van der Waals surface area contributed by atoms with E-state index >= 15 is 0 Å². The molecule has 0 saturated carbocycles. The molecule has 3 nitrogen and oxygen atoms in total. The number of fused-ring (bicyclic) bond motifs is 1. The third-order valence-electron chi connectivity index (χ3n) is 2.93. The van der Waals surface area contributed by atoms with E-state index in [1.165, 1.54) is 0 Å². The molecular weight excluding hydrogens is 212 g/mol. The smallest absolute Gasteiger partial charge is 0.269 e. The molecule has 0 N–H and O–H groups in total. The van der Waals surface area contributed by atoms with E-state index in [9.17, 15) is 4.79 Å². The average Bonchev–Trinajstić information content (AvgIpc) is 2.65. The van der Waals surface area contributed by atoms with Crippen molar-refractivity contribution in [1.29, 1.82) is 0 Å². The van der Waals surface area contributed by atoms with Crippen LogP contribution >= 0.6 is 0 Å². The van der Waals surface area contributed by atoms with E-state index in [0.717, 1.165) is 16.5 Å². The molecule has 0 unspecified atom stereocenters. The van der Waals surface area contributed by atoms with Crippen LogP contribution in [0.4, 0.5) is 0 Å². The first kappa shape index (κ1) is 11.5. The van der Waals surface area contributed by atoms with Crippen molar-refractivity contribution >= 4 is 22.9 Å². The summed E-state index contributed by atoms with van der Waals surface area (Å²) in [6.07, 6.45) is 1.81. The van der Waals surface area contributed by atoms with Crippen LogP contribution in [-0.2, 0) is 7.05 Å². The molecule has 1 aromatic carbocycles. The van der Waals surface area contributed by atoms with Gasteiger partial charge in [-0.1, -0.05) is 30.9 Å². The molecule has 1 aromatic heterocycles. The molecular formula is C14H16N2O. The van der Waals surface area contributed by atoms with Gasteiger partial charge in [-0.3, -0.25) is 4.79 Å². The first-order chi connectivity index (χ1) is 8.06. The summed E-state index contributed by atoms with van der Waals surface area (Å²) in [5.41, 5.74) is 2.79. The van der Waals surface area contributed by atoms with Crippen molar-refractivity contribution in [3.05, 3.63) is 42.1 Å². The number of hydrogen-bond donors (Lipinski definition) is 0. The van der Waals surface area contributed by atoms with E-state index in [2.05, 4.69) is 6.58 Å². The third kappa shape index (κ3) is 1.73. The summed E-state index contributed by atoms with van der Waals surface area (Å²) in [6, 6.07) is 7.90. The highest BCUT2D eigenvalue weighted by atomic mass is 16.2. The molecule has 17 heavy (non-hydrogen) atoms. The number of nitrogens with zero attached hydrogens (tertiary/aromatic N) is 2. The van der Waals surface area contributed by atoms with Gasteiger partial charge >= 0.3 is 0 Å². The van der Waals surface area contributed by atoms with Crippen molar-refractivity contribution in [3.8, 4) is 0 Å². The van der Waals surface area contributed by atoms with Crippen LogP contribution in [0.1, 0.15) is 16.1 Å². The Labute approximate surface area is 101 Å². The minimum atomic E-state index is 0.0127. The maximum absolute atomic E-state index is 12.0. The number of rotatable bonds is 2. The second-order valence-corrected chi connectivity index (χ2v) is 4.28. The molecule has 0 atom stereocenters. The Morgan fingerprint density at radius 3 is 2.71 bits per heavy atom. The molecule has 2 aromatic rings. The van der Waals surface area contributed by atoms with Crippen LogP contribution in [0.3, 0.4) is 0 Å². The molecule has 1 heterocycles. The van der Waals surface area contributed by atoms with Gasteiger partial charge in [0.2, 0.25) is 0 Å². The molecule has 3 heteroatoms. The number of carbonyl (C=O) groups excluding carboxylic acids is 1. The van der Waals surface area contributed by atoms with E-state index in [4.69, 9.17) is 0 Å². The lowest BCUT2D eigenvalue weighted by molar-refractivity contribution is 0.0819. The van der Waals surface area contributed by atoms with Gasteiger partial charge in [-0.05, 0) is 11.6 Å². The SMILES string of the molecule is C=Cc1cccc2cc(C(=O)N(C)C)n(C)c12. The number of para-hydroxylation sites is 1. The minimum Gasteiger partial charge on any atom is -0.343 e. The van der Waals surface area contributed by atoms with Crippen molar-refractivity contribution in [1.82, 2.24) is 9.47 Å². The van der Waals surface area contributed by atoms with Crippen molar-refractivity contribution in [3.63, 3.8) is 0 Å². The predicted molar refractivity (Wildman–Crippen MR) is 71.0 cm³/mol. The highest BCUT2D eigenvalue weighted by Crippen LogP contribution is 2.23. The molecule has 0 bridgehead atoms. The summed E-state index contributed by atoms with van der Waals surface area (Å²) in [6.45, 7) is 3.80. The summed E-state index contributed by atoms with van der Waals surface area (Å²) in [7, 11) is 5.43. The van der Waals surface area contributed by atoms with E-state index in [1.807, 2.05) is 42.0 Å². The second-order valence-electron chi connectivity index (χ2n) is 4.28. The zero-order valence-corrected chi connectivity index (χ0v) is 10.4. The van der Waals surface area contributed by atoms with Crippen LogP contribution < -0.4 is 0 Å². The Kier molecular flexibility index (Phi) is 2.76. The number of benzene rings is 1. The Morgan fingerprint density at radius 2 is 2.12 bits per heavy atom. The fourth-order valence-electron chi connectivity index (χ4n) is 2.05. The Bertz CT molecular complexity index is 594. The zero-order chi connectivity index (χ0) is 12.6. The topological polar surface area (TPSA) is 25.2 Å². The zero-order valence-electron chi connectivity index (χ0n) is 10.4. The first-order valence-electron chi connectivity index (χ1n) is 5.48. The number of carbonyl (C=O) groups is 1. The van der Waals surface area contributed by atoms with Crippen LogP contribution in [0.2, 0.25) is 0 Å². The summed E-state index contributed by atoms with van der Waals surface area (Å²) in [4.78, 5) is 13.6. The fraction of sp³-hybridized carbons (Fsp3) is 0.214. The van der Waals surface area contributed by atoms with Gasteiger partial charge in [-0.2, -0.15) is 0 Å². The van der Waals surface area contributed by atoms with Gasteiger partial charge in [0, 0.05) is 26.5 Å². The lowest BCUT2D eigenvalue weighted by atomic mass is 10.1. The summed E-state index contributed by atoms with van der Waals surface area (Å²) >= 11 is 0. The van der Waals surface area contributed by atoms with E-state index < -0.39 is 0 Å². The summed E-state index contributed by atoms with van der Waals surface area (Å²) in [5.74, 6) is 0.0127. The number of aromatic nitrogens is 1. The molecule has 88 valence electrons.